The molecule has 0 aliphatic carbocycles. The summed E-state index contributed by atoms with van der Waals surface area (Å²) in [5, 5.41) is 2.50. The van der Waals surface area contributed by atoms with E-state index in [0.29, 0.717) is 0 Å². The van der Waals surface area contributed by atoms with E-state index < -0.39 is 17.6 Å². The maximum absolute atomic E-state index is 12.7. The van der Waals surface area contributed by atoms with Crippen LogP contribution in [0.2, 0.25) is 5.02 Å². The summed E-state index contributed by atoms with van der Waals surface area (Å²) in [6.45, 7) is 3.83. The predicted octanol–water partition coefficient (Wildman–Crippen LogP) is 5.16. The van der Waals surface area contributed by atoms with Crippen LogP contribution in [0, 0.1) is 13.8 Å². The van der Waals surface area contributed by atoms with Crippen LogP contribution in [-0.2, 0) is 17.4 Å². The van der Waals surface area contributed by atoms with Gasteiger partial charge in [0.15, 0.2) is 0 Å². The molecule has 1 N–H and O–H groups in total. The number of aryl methyl sites for hydroxylation is 2. The topological polar surface area (TPSA) is 29.1 Å². The lowest BCUT2D eigenvalue weighted by atomic mass is 10.0. The van der Waals surface area contributed by atoms with Crippen LogP contribution < -0.4 is 5.32 Å². The number of carbonyl (C=O) groups excluding carboxylic acids is 1. The Kier molecular flexibility index (Phi) is 5.00. The summed E-state index contributed by atoms with van der Waals surface area (Å²) in [5.74, 6) is -0.418. The van der Waals surface area contributed by atoms with Gasteiger partial charge >= 0.3 is 6.18 Å². The van der Waals surface area contributed by atoms with E-state index in [-0.39, 0.29) is 17.1 Å². The summed E-state index contributed by atoms with van der Waals surface area (Å²) in [6, 6.07) is 8.49. The molecule has 0 atom stereocenters. The first-order valence-corrected chi connectivity index (χ1v) is 7.27. The Morgan fingerprint density at radius 3 is 2.43 bits per heavy atom. The molecule has 6 heteroatoms. The highest BCUT2D eigenvalue weighted by Gasteiger charge is 2.31. The number of hydrogen-bond donors (Lipinski definition) is 1. The largest absolute Gasteiger partial charge is 0.416 e. The summed E-state index contributed by atoms with van der Waals surface area (Å²) in [7, 11) is 0. The molecule has 2 aromatic rings. The van der Waals surface area contributed by atoms with Gasteiger partial charge in [-0.15, -0.1) is 0 Å². The molecule has 0 bridgehead atoms. The number of carbonyl (C=O) groups is 1. The number of rotatable bonds is 3. The lowest BCUT2D eigenvalue weighted by Gasteiger charge is -2.12. The van der Waals surface area contributed by atoms with Crippen molar-refractivity contribution in [2.75, 3.05) is 5.32 Å². The number of anilines is 1. The molecule has 0 aliphatic heterocycles. The van der Waals surface area contributed by atoms with Gasteiger partial charge in [-0.3, -0.25) is 4.79 Å². The molecular formula is C17H15ClF3NO. The molecule has 2 rings (SSSR count). The summed E-state index contributed by atoms with van der Waals surface area (Å²) < 4.78 is 38.2. The quantitative estimate of drug-likeness (QED) is 0.821. The lowest BCUT2D eigenvalue weighted by Crippen LogP contribution is -2.16. The van der Waals surface area contributed by atoms with Gasteiger partial charge in [-0.1, -0.05) is 35.4 Å². The Morgan fingerprint density at radius 2 is 1.83 bits per heavy atom. The minimum absolute atomic E-state index is 0.0451. The van der Waals surface area contributed by atoms with E-state index in [1.165, 1.54) is 0 Å². The van der Waals surface area contributed by atoms with Crippen molar-refractivity contribution in [3.8, 4) is 0 Å². The Bertz CT molecular complexity index is 741. The fourth-order valence-electron chi connectivity index (χ4n) is 2.21. The summed E-state index contributed by atoms with van der Waals surface area (Å²) >= 11 is 5.86. The maximum atomic E-state index is 12.7. The molecule has 0 fully saturated rings. The van der Waals surface area contributed by atoms with Crippen LogP contribution in [0.3, 0.4) is 0 Å². The monoisotopic (exact) mass is 341 g/mol. The van der Waals surface area contributed by atoms with Crippen molar-refractivity contribution in [1.29, 1.82) is 0 Å². The van der Waals surface area contributed by atoms with Gasteiger partial charge in [-0.2, -0.15) is 13.2 Å². The average molecular weight is 342 g/mol. The van der Waals surface area contributed by atoms with Crippen LogP contribution in [0.1, 0.15) is 22.3 Å². The molecule has 23 heavy (non-hydrogen) atoms. The molecule has 2 nitrogen and oxygen atoms in total. The minimum atomic E-state index is -4.49. The molecule has 0 unspecified atom stereocenters. The van der Waals surface area contributed by atoms with E-state index >= 15 is 0 Å². The van der Waals surface area contributed by atoms with E-state index in [0.717, 1.165) is 34.9 Å². The molecule has 1 amide bonds. The zero-order valence-corrected chi connectivity index (χ0v) is 13.3. The van der Waals surface area contributed by atoms with E-state index in [2.05, 4.69) is 5.32 Å². The third-order valence-electron chi connectivity index (χ3n) is 3.42. The third kappa shape index (κ3) is 4.48. The smallest absolute Gasteiger partial charge is 0.324 e. The zero-order chi connectivity index (χ0) is 17.2. The van der Waals surface area contributed by atoms with Gasteiger partial charge in [-0.05, 0) is 43.2 Å². The number of amides is 1. The number of alkyl halides is 3. The second-order valence-electron chi connectivity index (χ2n) is 5.35. The van der Waals surface area contributed by atoms with Crippen LogP contribution >= 0.6 is 11.6 Å². The van der Waals surface area contributed by atoms with Crippen molar-refractivity contribution in [2.45, 2.75) is 26.4 Å². The minimum Gasteiger partial charge on any atom is -0.324 e. The van der Waals surface area contributed by atoms with Gasteiger partial charge in [0.05, 0.1) is 22.7 Å². The summed E-state index contributed by atoms with van der Waals surface area (Å²) in [5.41, 5.74) is 1.94. The molecule has 0 aliphatic rings. The maximum Gasteiger partial charge on any atom is 0.416 e. The second kappa shape index (κ2) is 6.62. The summed E-state index contributed by atoms with van der Waals surface area (Å²) in [6.07, 6.45) is -4.42. The van der Waals surface area contributed by atoms with Gasteiger partial charge < -0.3 is 5.32 Å². The highest BCUT2D eigenvalue weighted by molar-refractivity contribution is 6.33. The zero-order valence-electron chi connectivity index (χ0n) is 12.6. The van der Waals surface area contributed by atoms with Gasteiger partial charge in [-0.25, -0.2) is 0 Å². The Labute approximate surface area is 137 Å². The molecule has 0 spiro atoms. The van der Waals surface area contributed by atoms with E-state index in [4.69, 9.17) is 11.6 Å². The predicted molar refractivity (Wildman–Crippen MR) is 84.7 cm³/mol. The molecule has 2 aromatic carbocycles. The molecule has 0 saturated heterocycles. The average Bonchev–Trinajstić information content (AvgIpc) is 2.43. The van der Waals surface area contributed by atoms with Gasteiger partial charge in [0.25, 0.3) is 0 Å². The highest BCUT2D eigenvalue weighted by atomic mass is 35.5. The fraction of sp³-hybridized carbons (Fsp3) is 0.235. The second-order valence-corrected chi connectivity index (χ2v) is 5.75. The third-order valence-corrected chi connectivity index (χ3v) is 3.75. The Balaban J connectivity index is 2.17. The normalized spacial score (nSPS) is 11.4. The van der Waals surface area contributed by atoms with Crippen LogP contribution in [0.4, 0.5) is 18.9 Å². The lowest BCUT2D eigenvalue weighted by molar-refractivity contribution is -0.137. The molecule has 0 aromatic heterocycles. The SMILES string of the molecule is Cc1ccc(CC(=O)Nc2cc(C(F)(F)F)ccc2Cl)c(C)c1. The Hall–Kier alpha value is -2.01. The standard InChI is InChI=1S/C17H15ClF3NO/c1-10-3-4-12(11(2)7-10)8-16(23)22-15-9-13(17(19,20)21)5-6-14(15)18/h3-7,9H,8H2,1-2H3,(H,22,23). The number of hydrogen-bond acceptors (Lipinski definition) is 1. The van der Waals surface area contributed by atoms with Crippen molar-refractivity contribution in [2.24, 2.45) is 0 Å². The van der Waals surface area contributed by atoms with Crippen LogP contribution in [0.5, 0.6) is 0 Å². The van der Waals surface area contributed by atoms with Crippen LogP contribution in [0.15, 0.2) is 36.4 Å². The number of halogens is 4. The molecule has 0 heterocycles. The first-order valence-electron chi connectivity index (χ1n) is 6.89. The number of nitrogens with one attached hydrogen (secondary N) is 1. The van der Waals surface area contributed by atoms with Crippen LogP contribution in [0.25, 0.3) is 0 Å². The fourth-order valence-corrected chi connectivity index (χ4v) is 2.37. The van der Waals surface area contributed by atoms with Crippen molar-refractivity contribution in [3.05, 3.63) is 63.7 Å². The van der Waals surface area contributed by atoms with Crippen molar-refractivity contribution < 1.29 is 18.0 Å². The van der Waals surface area contributed by atoms with Gasteiger partial charge in [0.2, 0.25) is 5.91 Å². The van der Waals surface area contributed by atoms with Crippen molar-refractivity contribution >= 4 is 23.2 Å². The molecule has 0 radical (unpaired) electrons. The molecule has 122 valence electrons. The molecule has 0 saturated carbocycles. The van der Waals surface area contributed by atoms with E-state index in [9.17, 15) is 18.0 Å². The van der Waals surface area contributed by atoms with E-state index in [1.807, 2.05) is 32.0 Å². The summed E-state index contributed by atoms with van der Waals surface area (Å²) in [4.78, 5) is 12.1. The highest BCUT2D eigenvalue weighted by Crippen LogP contribution is 2.33. The molecular weight excluding hydrogens is 327 g/mol. The van der Waals surface area contributed by atoms with Crippen molar-refractivity contribution in [3.63, 3.8) is 0 Å². The first kappa shape index (κ1) is 17.3. The van der Waals surface area contributed by atoms with Crippen molar-refractivity contribution in [1.82, 2.24) is 0 Å². The Morgan fingerprint density at radius 1 is 1.13 bits per heavy atom. The van der Waals surface area contributed by atoms with Gasteiger partial charge in [0, 0.05) is 0 Å². The van der Waals surface area contributed by atoms with Crippen LogP contribution in [-0.4, -0.2) is 5.91 Å². The van der Waals surface area contributed by atoms with E-state index in [1.54, 1.807) is 0 Å². The number of benzene rings is 2. The first-order chi connectivity index (χ1) is 10.7. The van der Waals surface area contributed by atoms with Gasteiger partial charge in [0.1, 0.15) is 0 Å².